The van der Waals surface area contributed by atoms with Crippen LogP contribution in [0.4, 0.5) is 5.69 Å². The molecule has 0 aromatic heterocycles. The third-order valence-electron chi connectivity index (χ3n) is 3.06. The van der Waals surface area contributed by atoms with Crippen LogP contribution >= 0.6 is 0 Å². The summed E-state index contributed by atoms with van der Waals surface area (Å²) in [7, 11) is 1.61. The van der Waals surface area contributed by atoms with Crippen molar-refractivity contribution in [1.82, 2.24) is 0 Å². The summed E-state index contributed by atoms with van der Waals surface area (Å²) in [6, 6.07) is 5.49. The third kappa shape index (κ3) is 2.92. The van der Waals surface area contributed by atoms with E-state index in [2.05, 4.69) is 5.32 Å². The molecule has 0 bridgehead atoms. The molecule has 5 nitrogen and oxygen atoms in total. The Morgan fingerprint density at radius 1 is 1.44 bits per heavy atom. The number of anilines is 1. The van der Waals surface area contributed by atoms with Crippen LogP contribution in [0.1, 0.15) is 23.2 Å². The molecular weight excluding hydrogens is 232 g/mol. The molecule has 0 radical (unpaired) electrons. The summed E-state index contributed by atoms with van der Waals surface area (Å²) in [6.07, 6.45) is 1.90. The lowest BCUT2D eigenvalue weighted by molar-refractivity contribution is 0.0903. The number of methoxy groups -OCH3 is 1. The molecule has 18 heavy (non-hydrogen) atoms. The summed E-state index contributed by atoms with van der Waals surface area (Å²) in [5.74, 6) is 0.277. The largest absolute Gasteiger partial charge is 0.495 e. The van der Waals surface area contributed by atoms with Crippen molar-refractivity contribution in [3.63, 3.8) is 0 Å². The van der Waals surface area contributed by atoms with Crippen LogP contribution in [0.2, 0.25) is 0 Å². The number of rotatable bonds is 4. The molecule has 1 amide bonds. The van der Waals surface area contributed by atoms with Gasteiger partial charge in [-0.3, -0.25) is 4.79 Å². The molecule has 98 valence electrons. The first-order chi connectivity index (χ1) is 8.70. The number of benzene rings is 1. The molecule has 0 spiro atoms. The number of amides is 1. The lowest BCUT2D eigenvalue weighted by Crippen LogP contribution is -2.28. The van der Waals surface area contributed by atoms with Crippen molar-refractivity contribution in [3.05, 3.63) is 23.8 Å². The molecule has 1 aromatic carbocycles. The van der Waals surface area contributed by atoms with Crippen LogP contribution in [-0.2, 0) is 4.74 Å². The first kappa shape index (κ1) is 12.7. The smallest absolute Gasteiger partial charge is 0.248 e. The fourth-order valence-corrected chi connectivity index (χ4v) is 2.04. The number of carbonyl (C=O) groups excluding carboxylic acids is 1. The Morgan fingerprint density at radius 3 is 2.78 bits per heavy atom. The second-order valence-electron chi connectivity index (χ2n) is 4.31. The van der Waals surface area contributed by atoms with Crippen LogP contribution in [0.25, 0.3) is 0 Å². The quantitative estimate of drug-likeness (QED) is 0.846. The summed E-state index contributed by atoms with van der Waals surface area (Å²) < 4.78 is 10.6. The molecule has 1 aliphatic rings. The minimum Gasteiger partial charge on any atom is -0.495 e. The topological polar surface area (TPSA) is 73.6 Å². The lowest BCUT2D eigenvalue weighted by Gasteiger charge is -2.25. The van der Waals surface area contributed by atoms with E-state index in [1.807, 2.05) is 0 Å². The summed E-state index contributed by atoms with van der Waals surface area (Å²) in [5.41, 5.74) is 6.56. The van der Waals surface area contributed by atoms with Gasteiger partial charge in [0.2, 0.25) is 5.91 Å². The van der Waals surface area contributed by atoms with Gasteiger partial charge in [0.25, 0.3) is 0 Å². The van der Waals surface area contributed by atoms with E-state index in [9.17, 15) is 4.79 Å². The van der Waals surface area contributed by atoms with Gasteiger partial charge < -0.3 is 20.5 Å². The van der Waals surface area contributed by atoms with E-state index in [1.54, 1.807) is 25.3 Å². The van der Waals surface area contributed by atoms with Crippen molar-refractivity contribution in [3.8, 4) is 5.75 Å². The highest BCUT2D eigenvalue weighted by atomic mass is 16.5. The van der Waals surface area contributed by atoms with Crippen molar-refractivity contribution in [2.45, 2.75) is 18.9 Å². The van der Waals surface area contributed by atoms with Crippen LogP contribution in [-0.4, -0.2) is 32.3 Å². The average molecular weight is 250 g/mol. The Labute approximate surface area is 106 Å². The van der Waals surface area contributed by atoms with E-state index in [0.29, 0.717) is 17.4 Å². The minimum atomic E-state index is -0.437. The van der Waals surface area contributed by atoms with Crippen LogP contribution < -0.4 is 15.8 Å². The molecule has 0 unspecified atom stereocenters. The van der Waals surface area contributed by atoms with Crippen molar-refractivity contribution in [2.75, 3.05) is 25.6 Å². The normalized spacial score (nSPS) is 16.3. The van der Waals surface area contributed by atoms with Gasteiger partial charge in [0.1, 0.15) is 5.75 Å². The predicted molar refractivity (Wildman–Crippen MR) is 69.0 cm³/mol. The van der Waals surface area contributed by atoms with Gasteiger partial charge in [-0.1, -0.05) is 0 Å². The molecular formula is C13H18N2O3. The SMILES string of the molecule is COc1ccc(C(N)=O)cc1NC1CCOCC1. The van der Waals surface area contributed by atoms with Crippen LogP contribution in [0, 0.1) is 0 Å². The zero-order valence-corrected chi connectivity index (χ0v) is 10.4. The molecule has 5 heteroatoms. The Bertz CT molecular complexity index is 428. The van der Waals surface area contributed by atoms with Crippen molar-refractivity contribution >= 4 is 11.6 Å². The molecule has 1 aliphatic heterocycles. The zero-order chi connectivity index (χ0) is 13.0. The first-order valence-electron chi connectivity index (χ1n) is 6.03. The van der Waals surface area contributed by atoms with E-state index >= 15 is 0 Å². The summed E-state index contributed by atoms with van der Waals surface area (Å²) in [5, 5.41) is 3.38. The number of hydrogen-bond acceptors (Lipinski definition) is 4. The Morgan fingerprint density at radius 2 is 2.17 bits per heavy atom. The Hall–Kier alpha value is -1.75. The molecule has 0 aliphatic carbocycles. The summed E-state index contributed by atoms with van der Waals surface area (Å²) in [4.78, 5) is 11.2. The van der Waals surface area contributed by atoms with Crippen LogP contribution in [0.5, 0.6) is 5.75 Å². The molecule has 3 N–H and O–H groups in total. The molecule has 1 heterocycles. The fourth-order valence-electron chi connectivity index (χ4n) is 2.04. The van der Waals surface area contributed by atoms with Gasteiger partial charge in [-0.25, -0.2) is 0 Å². The van der Waals surface area contributed by atoms with E-state index in [1.165, 1.54) is 0 Å². The summed E-state index contributed by atoms with van der Waals surface area (Å²) >= 11 is 0. The number of nitrogens with one attached hydrogen (secondary N) is 1. The molecule has 1 fully saturated rings. The van der Waals surface area contributed by atoms with E-state index in [0.717, 1.165) is 31.7 Å². The van der Waals surface area contributed by atoms with E-state index in [4.69, 9.17) is 15.2 Å². The van der Waals surface area contributed by atoms with Crippen molar-refractivity contribution in [2.24, 2.45) is 5.73 Å². The second-order valence-corrected chi connectivity index (χ2v) is 4.31. The third-order valence-corrected chi connectivity index (χ3v) is 3.06. The van der Waals surface area contributed by atoms with Gasteiger partial charge in [-0.2, -0.15) is 0 Å². The number of hydrogen-bond donors (Lipinski definition) is 2. The fraction of sp³-hybridized carbons (Fsp3) is 0.462. The Balaban J connectivity index is 2.17. The average Bonchev–Trinajstić information content (AvgIpc) is 2.39. The van der Waals surface area contributed by atoms with Crippen molar-refractivity contribution in [1.29, 1.82) is 0 Å². The van der Waals surface area contributed by atoms with Crippen LogP contribution in [0.3, 0.4) is 0 Å². The van der Waals surface area contributed by atoms with Crippen LogP contribution in [0.15, 0.2) is 18.2 Å². The molecule has 2 rings (SSSR count). The summed E-state index contributed by atoms with van der Waals surface area (Å²) in [6.45, 7) is 1.52. The second kappa shape index (κ2) is 5.73. The maximum absolute atomic E-state index is 11.2. The monoisotopic (exact) mass is 250 g/mol. The highest BCUT2D eigenvalue weighted by Crippen LogP contribution is 2.27. The van der Waals surface area contributed by atoms with Gasteiger partial charge in [-0.05, 0) is 31.0 Å². The first-order valence-corrected chi connectivity index (χ1v) is 6.03. The van der Waals surface area contributed by atoms with Gasteiger partial charge in [0.05, 0.1) is 12.8 Å². The number of carbonyl (C=O) groups is 1. The zero-order valence-electron chi connectivity index (χ0n) is 10.4. The maximum Gasteiger partial charge on any atom is 0.248 e. The van der Waals surface area contributed by atoms with Gasteiger partial charge >= 0.3 is 0 Å². The van der Waals surface area contributed by atoms with E-state index < -0.39 is 5.91 Å². The van der Waals surface area contributed by atoms with Gasteiger partial charge in [0, 0.05) is 24.8 Å². The molecule has 1 aromatic rings. The highest BCUT2D eigenvalue weighted by Gasteiger charge is 2.16. The predicted octanol–water partition coefficient (Wildman–Crippen LogP) is 1.39. The molecule has 1 saturated heterocycles. The lowest BCUT2D eigenvalue weighted by atomic mass is 10.1. The van der Waals surface area contributed by atoms with Gasteiger partial charge in [0.15, 0.2) is 0 Å². The Kier molecular flexibility index (Phi) is 4.04. The number of primary amides is 1. The van der Waals surface area contributed by atoms with Gasteiger partial charge in [-0.15, -0.1) is 0 Å². The number of nitrogens with two attached hydrogens (primary N) is 1. The standard InChI is InChI=1S/C13H18N2O3/c1-17-12-3-2-9(13(14)16)8-11(12)15-10-4-6-18-7-5-10/h2-3,8,10,15H,4-7H2,1H3,(H2,14,16). The van der Waals surface area contributed by atoms with E-state index in [-0.39, 0.29) is 0 Å². The van der Waals surface area contributed by atoms with Crippen molar-refractivity contribution < 1.29 is 14.3 Å². The molecule has 0 atom stereocenters. The number of ether oxygens (including phenoxy) is 2. The minimum absolute atomic E-state index is 0.343. The molecule has 0 saturated carbocycles. The maximum atomic E-state index is 11.2. The highest BCUT2D eigenvalue weighted by molar-refractivity contribution is 5.94.